The summed E-state index contributed by atoms with van der Waals surface area (Å²) in [6, 6.07) is 5.51. The Balaban J connectivity index is 2.37. The molecule has 3 N–H and O–H groups in total. The zero-order chi connectivity index (χ0) is 14.3. The monoisotopic (exact) mass is 282 g/mol. The summed E-state index contributed by atoms with van der Waals surface area (Å²) in [5.74, 6) is 0.918. The molecule has 1 aliphatic rings. The van der Waals surface area contributed by atoms with Crippen LogP contribution < -0.4 is 15.2 Å². The lowest BCUT2D eigenvalue weighted by atomic mass is 9.98. The van der Waals surface area contributed by atoms with Crippen LogP contribution >= 0.6 is 0 Å². The van der Waals surface area contributed by atoms with Gasteiger partial charge < -0.3 is 10.5 Å². The summed E-state index contributed by atoms with van der Waals surface area (Å²) in [7, 11) is -2.50. The van der Waals surface area contributed by atoms with Crippen molar-refractivity contribution in [2.24, 2.45) is 15.5 Å². The molecule has 19 heavy (non-hydrogen) atoms. The van der Waals surface area contributed by atoms with Crippen LogP contribution in [-0.4, -0.2) is 18.7 Å². The number of nitrogens with two attached hydrogens (primary N) is 1. The van der Waals surface area contributed by atoms with Crippen molar-refractivity contribution in [2.75, 3.05) is 17.6 Å². The van der Waals surface area contributed by atoms with Crippen LogP contribution in [0.4, 0.5) is 5.69 Å². The molecule has 6 heteroatoms. The highest BCUT2D eigenvalue weighted by Gasteiger charge is 2.31. The van der Waals surface area contributed by atoms with Gasteiger partial charge in [-0.1, -0.05) is 26.8 Å². The van der Waals surface area contributed by atoms with Gasteiger partial charge in [-0.15, -0.1) is 0 Å². The van der Waals surface area contributed by atoms with Crippen LogP contribution in [0.25, 0.3) is 0 Å². The van der Waals surface area contributed by atoms with Crippen LogP contribution in [0, 0.1) is 5.41 Å². The van der Waals surface area contributed by atoms with Crippen molar-refractivity contribution in [1.82, 2.24) is 0 Å². The molecule has 0 radical (unpaired) electrons. The van der Waals surface area contributed by atoms with Crippen LogP contribution in [0.5, 0.6) is 5.75 Å². The highest BCUT2D eigenvalue weighted by Crippen LogP contribution is 2.32. The summed E-state index contributed by atoms with van der Waals surface area (Å²) < 4.78 is 24.7. The number of hydrogen-bond donors (Lipinski definition) is 2. The largest absolute Gasteiger partial charge is 0.492 e. The predicted octanol–water partition coefficient (Wildman–Crippen LogP) is 2.20. The van der Waals surface area contributed by atoms with Gasteiger partial charge in [-0.25, -0.2) is 0 Å². The minimum Gasteiger partial charge on any atom is -0.492 e. The average Bonchev–Trinajstić information content (AvgIpc) is 2.22. The van der Waals surface area contributed by atoms with Crippen LogP contribution in [-0.2, 0) is 14.5 Å². The number of nitrogens with zero attached hydrogens (tertiary/aromatic N) is 1. The van der Waals surface area contributed by atoms with E-state index in [0.717, 1.165) is 0 Å². The molecule has 2 rings (SSSR count). The molecular weight excluding hydrogens is 262 g/mol. The lowest BCUT2D eigenvalue weighted by Crippen LogP contribution is -2.30. The predicted molar refractivity (Wildman–Crippen MR) is 79.7 cm³/mol. The third-order valence-electron chi connectivity index (χ3n) is 2.51. The van der Waals surface area contributed by atoms with E-state index in [2.05, 4.69) is 29.9 Å². The number of ether oxygens (including phenoxy) is 1. The number of rotatable bonds is 2. The third kappa shape index (κ3) is 3.26. The Morgan fingerprint density at radius 1 is 1.42 bits per heavy atom. The number of amidine groups is 1. The minimum absolute atomic E-state index is 0.0506. The molecule has 104 valence electrons. The summed E-state index contributed by atoms with van der Waals surface area (Å²) >= 11 is 0. The zero-order valence-corrected chi connectivity index (χ0v) is 12.5. The normalized spacial score (nSPS) is 22.2. The van der Waals surface area contributed by atoms with Gasteiger partial charge in [0.2, 0.25) is 0 Å². The highest BCUT2D eigenvalue weighted by atomic mass is 32.3. The van der Waals surface area contributed by atoms with Crippen molar-refractivity contribution in [3.8, 4) is 5.75 Å². The fourth-order valence-corrected chi connectivity index (χ4v) is 2.85. The summed E-state index contributed by atoms with van der Waals surface area (Å²) in [5, 5.41) is 0. The molecule has 1 unspecified atom stereocenters. The van der Waals surface area contributed by atoms with E-state index >= 15 is 0 Å². The van der Waals surface area contributed by atoms with Gasteiger partial charge in [-0.05, 0) is 26.2 Å². The molecule has 1 heterocycles. The lowest BCUT2D eigenvalue weighted by Gasteiger charge is -2.22. The summed E-state index contributed by atoms with van der Waals surface area (Å²) in [4.78, 5) is 0. The summed E-state index contributed by atoms with van der Waals surface area (Å²) in [6.45, 7) is 6.85. The van der Waals surface area contributed by atoms with E-state index in [0.29, 0.717) is 23.6 Å². The van der Waals surface area contributed by atoms with Crippen LogP contribution in [0.2, 0.25) is 0 Å². The van der Waals surface area contributed by atoms with Gasteiger partial charge in [0.1, 0.15) is 5.75 Å². The van der Waals surface area contributed by atoms with Gasteiger partial charge in [0.15, 0.2) is 12.1 Å². The minimum atomic E-state index is -2.50. The van der Waals surface area contributed by atoms with E-state index in [4.69, 9.17) is 10.5 Å². The van der Waals surface area contributed by atoms with Crippen LogP contribution in [0.15, 0.2) is 22.6 Å². The molecule has 0 aliphatic carbocycles. The van der Waals surface area contributed by atoms with Crippen molar-refractivity contribution >= 4 is 21.8 Å². The SMILES string of the molecule is CC(C)(C)COc1cccc2c1C(N)=N[S+](C)(=O)N2. The average molecular weight is 282 g/mol. The smallest absolute Gasteiger partial charge is 0.296 e. The molecule has 1 aromatic rings. The number of hydrogen-bond acceptors (Lipinski definition) is 3. The Kier molecular flexibility index (Phi) is 3.30. The van der Waals surface area contributed by atoms with E-state index in [1.807, 2.05) is 18.2 Å². The maximum atomic E-state index is 12.0. The molecule has 0 amide bonds. The first-order valence-corrected chi connectivity index (χ1v) is 7.99. The maximum absolute atomic E-state index is 12.0. The van der Waals surface area contributed by atoms with Gasteiger partial charge in [-0.2, -0.15) is 4.72 Å². The van der Waals surface area contributed by atoms with Gasteiger partial charge in [0, 0.05) is 0 Å². The lowest BCUT2D eigenvalue weighted by molar-refractivity contribution is 0.197. The molecule has 1 aliphatic heterocycles. The van der Waals surface area contributed by atoms with Crippen molar-refractivity contribution in [1.29, 1.82) is 0 Å². The first-order valence-electron chi connectivity index (χ1n) is 6.06. The second-order valence-corrected chi connectivity index (χ2v) is 7.90. The second kappa shape index (κ2) is 4.52. The summed E-state index contributed by atoms with van der Waals surface area (Å²) in [5.41, 5.74) is 7.35. The molecule has 0 aromatic heterocycles. The maximum Gasteiger partial charge on any atom is 0.296 e. The first kappa shape index (κ1) is 13.9. The summed E-state index contributed by atoms with van der Waals surface area (Å²) in [6.07, 6.45) is 1.52. The van der Waals surface area contributed by atoms with Gasteiger partial charge in [-0.3, -0.25) is 0 Å². The Bertz CT molecular complexity index is 576. The molecule has 0 saturated heterocycles. The van der Waals surface area contributed by atoms with Crippen molar-refractivity contribution < 1.29 is 8.95 Å². The van der Waals surface area contributed by atoms with E-state index in [-0.39, 0.29) is 11.3 Å². The molecule has 1 aromatic carbocycles. The van der Waals surface area contributed by atoms with Gasteiger partial charge >= 0.3 is 0 Å². The molecule has 0 spiro atoms. The standard InChI is InChI=1S/C13H20N3O2S/c1-13(2,3)8-18-10-7-5-6-9-11(10)12(14)16-19(4,17)15-9/h5-7H,8H2,1-4H3,(H3,14,15,16,17)/q+1. The number of anilines is 1. The van der Waals surface area contributed by atoms with Crippen LogP contribution in [0.3, 0.4) is 0 Å². The van der Waals surface area contributed by atoms with Gasteiger partial charge in [0.05, 0.1) is 17.9 Å². The Morgan fingerprint density at radius 2 is 2.11 bits per heavy atom. The molecule has 5 nitrogen and oxygen atoms in total. The highest BCUT2D eigenvalue weighted by molar-refractivity contribution is 8.02. The molecule has 0 bridgehead atoms. The molecular formula is C13H20N3O2S+. The molecule has 0 saturated carbocycles. The second-order valence-electron chi connectivity index (χ2n) is 5.91. The Labute approximate surface area is 114 Å². The fourth-order valence-electron chi connectivity index (χ4n) is 1.76. The van der Waals surface area contributed by atoms with E-state index in [1.165, 1.54) is 6.26 Å². The van der Waals surface area contributed by atoms with Gasteiger partial charge in [0.25, 0.3) is 10.3 Å². The Hall–Kier alpha value is -1.56. The zero-order valence-electron chi connectivity index (χ0n) is 11.7. The number of benzene rings is 1. The topological polar surface area (TPSA) is 76.7 Å². The number of nitrogens with one attached hydrogen (secondary N) is 1. The third-order valence-corrected chi connectivity index (χ3v) is 3.66. The van der Waals surface area contributed by atoms with E-state index in [9.17, 15) is 4.21 Å². The quantitative estimate of drug-likeness (QED) is 0.816. The van der Waals surface area contributed by atoms with Crippen LogP contribution in [0.1, 0.15) is 26.3 Å². The molecule has 1 atom stereocenters. The van der Waals surface area contributed by atoms with E-state index in [1.54, 1.807) is 0 Å². The number of fused-ring (bicyclic) bond motifs is 1. The first-order chi connectivity index (χ1) is 8.68. The van der Waals surface area contributed by atoms with E-state index < -0.39 is 10.3 Å². The van der Waals surface area contributed by atoms with Crippen molar-refractivity contribution in [2.45, 2.75) is 20.8 Å². The van der Waals surface area contributed by atoms with Crippen molar-refractivity contribution in [3.05, 3.63) is 23.8 Å². The van der Waals surface area contributed by atoms with Crippen molar-refractivity contribution in [3.63, 3.8) is 0 Å². The fraction of sp³-hybridized carbons (Fsp3) is 0.462. The molecule has 0 fully saturated rings. The Morgan fingerprint density at radius 3 is 2.74 bits per heavy atom.